The highest BCUT2D eigenvalue weighted by atomic mass is 79.9. The Hall–Kier alpha value is -1.27. The molecule has 1 aromatic rings. The minimum absolute atomic E-state index is 0.0624. The van der Waals surface area contributed by atoms with Crippen LogP contribution in [0.25, 0.3) is 0 Å². The van der Waals surface area contributed by atoms with Crippen LogP contribution in [0.5, 0.6) is 0 Å². The summed E-state index contributed by atoms with van der Waals surface area (Å²) in [7, 11) is 0. The number of amides is 1. The second-order valence-corrected chi connectivity index (χ2v) is 6.69. The van der Waals surface area contributed by atoms with Crippen LogP contribution < -0.4 is 5.32 Å². The van der Waals surface area contributed by atoms with Gasteiger partial charge in [0.05, 0.1) is 5.02 Å². The molecule has 0 unspecified atom stereocenters. The van der Waals surface area contributed by atoms with Gasteiger partial charge in [0.25, 0.3) is 0 Å². The molecule has 0 aliphatic rings. The van der Waals surface area contributed by atoms with Crippen LogP contribution in [0.1, 0.15) is 26.3 Å². The van der Waals surface area contributed by atoms with E-state index in [0.717, 1.165) is 0 Å². The first kappa shape index (κ1) is 17.8. The second-order valence-electron chi connectivity index (χ2n) is 5.45. The van der Waals surface area contributed by atoms with Crippen molar-refractivity contribution in [3.8, 4) is 0 Å². The van der Waals surface area contributed by atoms with Crippen LogP contribution in [0.2, 0.25) is 5.02 Å². The molecule has 2 N–H and O–H groups in total. The van der Waals surface area contributed by atoms with Gasteiger partial charge in [0.15, 0.2) is 0 Å². The Bertz CT molecular complexity index is 542. The third kappa shape index (κ3) is 5.93. The van der Waals surface area contributed by atoms with Crippen LogP contribution in [0.15, 0.2) is 22.7 Å². The summed E-state index contributed by atoms with van der Waals surface area (Å²) in [6.07, 6.45) is -0.714. The maximum Gasteiger partial charge on any atom is 0.408 e. The minimum atomic E-state index is -1.16. The lowest BCUT2D eigenvalue weighted by atomic mass is 10.1. The number of nitrogens with one attached hydrogen (secondary N) is 1. The van der Waals surface area contributed by atoms with Crippen LogP contribution in [-0.2, 0) is 16.0 Å². The number of ether oxygens (including phenoxy) is 1. The first-order valence-electron chi connectivity index (χ1n) is 6.25. The molecule has 7 heteroatoms. The average molecular weight is 379 g/mol. The molecule has 0 heterocycles. The fraction of sp³-hybridized carbons (Fsp3) is 0.429. The molecule has 5 nitrogen and oxygen atoms in total. The highest BCUT2D eigenvalue weighted by molar-refractivity contribution is 9.10. The van der Waals surface area contributed by atoms with E-state index < -0.39 is 23.7 Å². The van der Waals surface area contributed by atoms with E-state index >= 15 is 0 Å². The lowest BCUT2D eigenvalue weighted by molar-refractivity contribution is -0.139. The van der Waals surface area contributed by atoms with E-state index in [4.69, 9.17) is 16.3 Å². The van der Waals surface area contributed by atoms with Crippen molar-refractivity contribution in [2.24, 2.45) is 0 Å². The Kier molecular flexibility index (Phi) is 6.04. The SMILES string of the molecule is CC(C)(C)OC(=O)N[C@@H](Cc1cccc(Br)c1Cl)C(=O)O. The van der Waals surface area contributed by atoms with Crippen molar-refractivity contribution < 1.29 is 19.4 Å². The predicted octanol–water partition coefficient (Wildman–Crippen LogP) is 3.62. The monoisotopic (exact) mass is 377 g/mol. The van der Waals surface area contributed by atoms with E-state index in [1.165, 1.54) is 0 Å². The lowest BCUT2D eigenvalue weighted by Gasteiger charge is -2.22. The van der Waals surface area contributed by atoms with Crippen molar-refractivity contribution in [3.05, 3.63) is 33.3 Å². The van der Waals surface area contributed by atoms with E-state index in [1.807, 2.05) is 0 Å². The number of carbonyl (C=O) groups excluding carboxylic acids is 1. The zero-order valence-electron chi connectivity index (χ0n) is 11.9. The summed E-state index contributed by atoms with van der Waals surface area (Å²) >= 11 is 9.37. The van der Waals surface area contributed by atoms with Gasteiger partial charge in [0.2, 0.25) is 0 Å². The fourth-order valence-electron chi connectivity index (χ4n) is 1.58. The normalized spacial score (nSPS) is 12.6. The molecule has 21 heavy (non-hydrogen) atoms. The van der Waals surface area contributed by atoms with Crippen LogP contribution >= 0.6 is 27.5 Å². The molecule has 1 amide bonds. The van der Waals surface area contributed by atoms with Gasteiger partial charge in [-0.05, 0) is 48.3 Å². The van der Waals surface area contributed by atoms with Crippen molar-refractivity contribution in [2.45, 2.75) is 38.8 Å². The molecular weight excluding hydrogens is 362 g/mol. The Labute approximate surface area is 136 Å². The molecule has 1 aromatic carbocycles. The molecule has 0 fully saturated rings. The number of benzene rings is 1. The Morgan fingerprint density at radius 1 is 1.43 bits per heavy atom. The molecule has 0 saturated carbocycles. The first-order chi connectivity index (χ1) is 9.60. The fourth-order valence-corrected chi connectivity index (χ4v) is 2.19. The van der Waals surface area contributed by atoms with E-state index in [9.17, 15) is 14.7 Å². The number of carbonyl (C=O) groups is 2. The van der Waals surface area contributed by atoms with Crippen molar-refractivity contribution in [2.75, 3.05) is 0 Å². The number of hydrogen-bond acceptors (Lipinski definition) is 3. The molecule has 0 spiro atoms. The van der Waals surface area contributed by atoms with E-state index in [2.05, 4.69) is 21.2 Å². The Morgan fingerprint density at radius 3 is 2.57 bits per heavy atom. The highest BCUT2D eigenvalue weighted by Gasteiger charge is 2.25. The number of carboxylic acid groups (broad SMARTS) is 1. The largest absolute Gasteiger partial charge is 0.480 e. The number of rotatable bonds is 4. The number of aliphatic carboxylic acids is 1. The highest BCUT2D eigenvalue weighted by Crippen LogP contribution is 2.27. The molecule has 0 aromatic heterocycles. The summed E-state index contributed by atoms with van der Waals surface area (Å²) in [5.41, 5.74) is -0.0740. The minimum Gasteiger partial charge on any atom is -0.480 e. The number of halogens is 2. The zero-order chi connectivity index (χ0) is 16.2. The van der Waals surface area contributed by atoms with E-state index in [1.54, 1.807) is 39.0 Å². The number of carboxylic acids is 1. The first-order valence-corrected chi connectivity index (χ1v) is 7.42. The van der Waals surface area contributed by atoms with Gasteiger partial charge >= 0.3 is 12.1 Å². The Balaban J connectivity index is 2.82. The molecule has 1 atom stereocenters. The summed E-state index contributed by atoms with van der Waals surface area (Å²) in [4.78, 5) is 23.0. The molecule has 116 valence electrons. The van der Waals surface area contributed by atoms with Crippen molar-refractivity contribution in [3.63, 3.8) is 0 Å². The summed E-state index contributed by atoms with van der Waals surface area (Å²) in [6, 6.07) is 4.09. The number of alkyl carbamates (subject to hydrolysis) is 1. The quantitative estimate of drug-likeness (QED) is 0.839. The molecule has 0 aliphatic heterocycles. The molecule has 0 aliphatic carbocycles. The van der Waals surface area contributed by atoms with Gasteiger partial charge in [-0.2, -0.15) is 0 Å². The lowest BCUT2D eigenvalue weighted by Crippen LogP contribution is -2.44. The van der Waals surface area contributed by atoms with Gasteiger partial charge in [-0.3, -0.25) is 0 Å². The van der Waals surface area contributed by atoms with Gasteiger partial charge < -0.3 is 15.2 Å². The zero-order valence-corrected chi connectivity index (χ0v) is 14.3. The van der Waals surface area contributed by atoms with Gasteiger partial charge in [-0.25, -0.2) is 9.59 Å². The molecule has 0 saturated heterocycles. The topological polar surface area (TPSA) is 75.6 Å². The average Bonchev–Trinajstić information content (AvgIpc) is 2.31. The molecular formula is C14H17BrClNO4. The summed E-state index contributed by atoms with van der Waals surface area (Å²) in [5.74, 6) is -1.16. The van der Waals surface area contributed by atoms with Gasteiger partial charge in [-0.15, -0.1) is 0 Å². The maximum absolute atomic E-state index is 11.7. The smallest absolute Gasteiger partial charge is 0.408 e. The summed E-state index contributed by atoms with van der Waals surface area (Å²) in [6.45, 7) is 5.11. The molecule has 1 rings (SSSR count). The van der Waals surface area contributed by atoms with Crippen LogP contribution in [-0.4, -0.2) is 28.8 Å². The number of hydrogen-bond donors (Lipinski definition) is 2. The van der Waals surface area contributed by atoms with Crippen molar-refractivity contribution in [1.29, 1.82) is 0 Å². The standard InChI is InChI=1S/C14H17BrClNO4/c1-14(2,3)21-13(20)17-10(12(18)19)7-8-5-4-6-9(15)11(8)16/h4-6,10H,7H2,1-3H3,(H,17,20)(H,18,19)/t10-/m0/s1. The van der Waals surface area contributed by atoms with Crippen molar-refractivity contribution >= 4 is 39.6 Å². The van der Waals surface area contributed by atoms with Gasteiger partial charge in [0, 0.05) is 10.9 Å². The van der Waals surface area contributed by atoms with Crippen LogP contribution in [0.4, 0.5) is 4.79 Å². The summed E-state index contributed by atoms with van der Waals surface area (Å²) in [5, 5.41) is 12.0. The summed E-state index contributed by atoms with van der Waals surface area (Å²) < 4.78 is 5.72. The maximum atomic E-state index is 11.7. The predicted molar refractivity (Wildman–Crippen MR) is 83.6 cm³/mol. The van der Waals surface area contributed by atoms with E-state index in [-0.39, 0.29) is 6.42 Å². The molecule has 0 radical (unpaired) electrons. The third-order valence-electron chi connectivity index (χ3n) is 2.44. The van der Waals surface area contributed by atoms with Crippen LogP contribution in [0.3, 0.4) is 0 Å². The van der Waals surface area contributed by atoms with Crippen molar-refractivity contribution in [1.82, 2.24) is 5.32 Å². The van der Waals surface area contributed by atoms with Gasteiger partial charge in [0.1, 0.15) is 11.6 Å². The van der Waals surface area contributed by atoms with Crippen LogP contribution in [0, 0.1) is 0 Å². The Morgan fingerprint density at radius 2 is 2.05 bits per heavy atom. The molecule has 0 bridgehead atoms. The van der Waals surface area contributed by atoms with E-state index in [0.29, 0.717) is 15.1 Å². The van der Waals surface area contributed by atoms with Gasteiger partial charge in [-0.1, -0.05) is 23.7 Å². The second kappa shape index (κ2) is 7.13. The third-order valence-corrected chi connectivity index (χ3v) is 3.78.